The second kappa shape index (κ2) is 9.13. The first-order valence-corrected chi connectivity index (χ1v) is 7.20. The van der Waals surface area contributed by atoms with Gasteiger partial charge in [0.25, 0.3) is 0 Å². The van der Waals surface area contributed by atoms with E-state index in [4.69, 9.17) is 4.74 Å². The zero-order valence-corrected chi connectivity index (χ0v) is 12.6. The number of benzene rings is 1. The van der Waals surface area contributed by atoms with Crippen molar-refractivity contribution < 1.29 is 9.53 Å². The Balaban J connectivity index is 2.40. The summed E-state index contributed by atoms with van der Waals surface area (Å²) in [4.78, 5) is 11.8. The summed E-state index contributed by atoms with van der Waals surface area (Å²) in [6.45, 7) is 6.10. The molecule has 0 saturated heterocycles. The smallest absolute Gasteiger partial charge is 0.310 e. The molecule has 0 fully saturated rings. The Labute approximate surface area is 122 Å². The first kappa shape index (κ1) is 16.2. The maximum Gasteiger partial charge on any atom is 0.310 e. The lowest BCUT2D eigenvalue weighted by Crippen LogP contribution is -2.14. The van der Waals surface area contributed by atoms with Crippen LogP contribution < -0.4 is 0 Å². The first-order valence-electron chi connectivity index (χ1n) is 7.20. The summed E-state index contributed by atoms with van der Waals surface area (Å²) in [5.74, 6) is -0.191. The fraction of sp³-hybridized carbons (Fsp3) is 0.389. The van der Waals surface area contributed by atoms with Crippen molar-refractivity contribution in [1.29, 1.82) is 0 Å². The Hall–Kier alpha value is -1.83. The molecule has 0 amide bonds. The van der Waals surface area contributed by atoms with Gasteiger partial charge in [0.1, 0.15) is 6.10 Å². The fourth-order valence-electron chi connectivity index (χ4n) is 1.78. The summed E-state index contributed by atoms with van der Waals surface area (Å²) >= 11 is 0. The van der Waals surface area contributed by atoms with Crippen LogP contribution >= 0.6 is 0 Å². The number of carbonyl (C=O) groups excluding carboxylic acids is 1. The van der Waals surface area contributed by atoms with Gasteiger partial charge in [0, 0.05) is 0 Å². The van der Waals surface area contributed by atoms with Crippen molar-refractivity contribution in [3.05, 3.63) is 59.7 Å². The molecule has 0 N–H and O–H groups in total. The normalized spacial score (nSPS) is 13.4. The van der Waals surface area contributed by atoms with Gasteiger partial charge in [0.05, 0.1) is 6.42 Å². The van der Waals surface area contributed by atoms with E-state index in [0.29, 0.717) is 6.42 Å². The van der Waals surface area contributed by atoms with E-state index in [2.05, 4.69) is 19.9 Å². The average Bonchev–Trinajstić information content (AvgIpc) is 2.43. The highest BCUT2D eigenvalue weighted by molar-refractivity contribution is 5.72. The van der Waals surface area contributed by atoms with Gasteiger partial charge in [-0.15, -0.1) is 0 Å². The standard InChI is InChI=1S/C18H24O2/c1-4-5-9-15(2)12-13-16(3)20-18(19)14-17-10-7-6-8-11-17/h6-13,16H,4-5,14H2,1-3H3/b13-12+,15-9+. The Morgan fingerprint density at radius 2 is 2.00 bits per heavy atom. The second-order valence-electron chi connectivity index (χ2n) is 4.95. The van der Waals surface area contributed by atoms with Crippen molar-refractivity contribution in [3.63, 3.8) is 0 Å². The van der Waals surface area contributed by atoms with Gasteiger partial charge in [-0.05, 0) is 31.9 Å². The summed E-state index contributed by atoms with van der Waals surface area (Å²) in [7, 11) is 0. The summed E-state index contributed by atoms with van der Waals surface area (Å²) < 4.78 is 5.36. The molecule has 0 saturated carbocycles. The number of ether oxygens (including phenoxy) is 1. The third-order valence-corrected chi connectivity index (χ3v) is 2.89. The Morgan fingerprint density at radius 3 is 2.65 bits per heavy atom. The predicted molar refractivity (Wildman–Crippen MR) is 83.5 cm³/mol. The summed E-state index contributed by atoms with van der Waals surface area (Å²) in [6.07, 6.45) is 8.47. The van der Waals surface area contributed by atoms with Crippen molar-refractivity contribution in [2.45, 2.75) is 46.1 Å². The lowest BCUT2D eigenvalue weighted by atomic mass is 10.1. The van der Waals surface area contributed by atoms with Crippen LogP contribution in [0.1, 0.15) is 39.2 Å². The average molecular weight is 272 g/mol. The number of carbonyl (C=O) groups is 1. The number of hydrogen-bond donors (Lipinski definition) is 0. The minimum absolute atomic E-state index is 0.191. The van der Waals surface area contributed by atoms with Crippen LogP contribution in [0.4, 0.5) is 0 Å². The minimum Gasteiger partial charge on any atom is -0.458 e. The fourth-order valence-corrected chi connectivity index (χ4v) is 1.78. The van der Waals surface area contributed by atoms with Crippen molar-refractivity contribution >= 4 is 5.97 Å². The monoisotopic (exact) mass is 272 g/mol. The highest BCUT2D eigenvalue weighted by Gasteiger charge is 2.07. The van der Waals surface area contributed by atoms with Crippen LogP contribution in [0.2, 0.25) is 0 Å². The van der Waals surface area contributed by atoms with Gasteiger partial charge in [-0.1, -0.05) is 61.4 Å². The molecule has 0 radical (unpaired) electrons. The van der Waals surface area contributed by atoms with Crippen LogP contribution in [-0.2, 0) is 16.0 Å². The number of unbranched alkanes of at least 4 members (excludes halogenated alkanes) is 1. The molecule has 0 heterocycles. The highest BCUT2D eigenvalue weighted by atomic mass is 16.5. The molecule has 0 aliphatic carbocycles. The van der Waals surface area contributed by atoms with Crippen LogP contribution in [0.15, 0.2) is 54.1 Å². The third-order valence-electron chi connectivity index (χ3n) is 2.89. The van der Waals surface area contributed by atoms with E-state index in [-0.39, 0.29) is 12.1 Å². The van der Waals surface area contributed by atoms with Gasteiger partial charge < -0.3 is 4.74 Å². The van der Waals surface area contributed by atoms with Crippen LogP contribution in [0.5, 0.6) is 0 Å². The number of esters is 1. The largest absolute Gasteiger partial charge is 0.458 e. The SMILES string of the molecule is CCC/C=C(C)/C=C/C(C)OC(=O)Cc1ccccc1. The molecule has 108 valence electrons. The molecule has 1 aromatic rings. The first-order chi connectivity index (χ1) is 9.61. The molecule has 1 rings (SSSR count). The quantitative estimate of drug-likeness (QED) is 0.541. The zero-order chi connectivity index (χ0) is 14.8. The molecule has 0 aliphatic rings. The maximum atomic E-state index is 11.8. The molecule has 0 bridgehead atoms. The molecule has 1 aromatic carbocycles. The minimum atomic E-state index is -0.198. The van der Waals surface area contributed by atoms with Crippen LogP contribution in [0, 0.1) is 0 Å². The van der Waals surface area contributed by atoms with E-state index in [1.807, 2.05) is 49.4 Å². The molecule has 0 spiro atoms. The van der Waals surface area contributed by atoms with Gasteiger partial charge in [0.2, 0.25) is 0 Å². The van der Waals surface area contributed by atoms with Gasteiger partial charge in [0.15, 0.2) is 0 Å². The van der Waals surface area contributed by atoms with Gasteiger partial charge >= 0.3 is 5.97 Å². The van der Waals surface area contributed by atoms with E-state index >= 15 is 0 Å². The number of allylic oxidation sites excluding steroid dienone is 3. The topological polar surface area (TPSA) is 26.3 Å². The molecule has 0 aliphatic heterocycles. The Morgan fingerprint density at radius 1 is 1.30 bits per heavy atom. The summed E-state index contributed by atoms with van der Waals surface area (Å²) in [5, 5.41) is 0. The zero-order valence-electron chi connectivity index (χ0n) is 12.6. The van der Waals surface area contributed by atoms with E-state index in [1.54, 1.807) is 0 Å². The molecule has 0 aromatic heterocycles. The maximum absolute atomic E-state index is 11.8. The lowest BCUT2D eigenvalue weighted by Gasteiger charge is -2.09. The summed E-state index contributed by atoms with van der Waals surface area (Å²) in [5.41, 5.74) is 2.19. The van der Waals surface area contributed by atoms with E-state index in [1.165, 1.54) is 5.57 Å². The van der Waals surface area contributed by atoms with Crippen molar-refractivity contribution in [2.24, 2.45) is 0 Å². The molecule has 1 atom stereocenters. The van der Waals surface area contributed by atoms with E-state index in [0.717, 1.165) is 18.4 Å². The van der Waals surface area contributed by atoms with E-state index < -0.39 is 0 Å². The van der Waals surface area contributed by atoms with Crippen LogP contribution in [0.3, 0.4) is 0 Å². The molecule has 2 heteroatoms. The molecule has 2 nitrogen and oxygen atoms in total. The van der Waals surface area contributed by atoms with Crippen LogP contribution in [-0.4, -0.2) is 12.1 Å². The van der Waals surface area contributed by atoms with Crippen molar-refractivity contribution in [3.8, 4) is 0 Å². The van der Waals surface area contributed by atoms with Gasteiger partial charge in [-0.3, -0.25) is 4.79 Å². The Bertz CT molecular complexity index is 458. The highest BCUT2D eigenvalue weighted by Crippen LogP contribution is 2.05. The second-order valence-corrected chi connectivity index (χ2v) is 4.95. The number of hydrogen-bond acceptors (Lipinski definition) is 2. The molecular weight excluding hydrogens is 248 g/mol. The van der Waals surface area contributed by atoms with Crippen molar-refractivity contribution in [1.82, 2.24) is 0 Å². The van der Waals surface area contributed by atoms with Gasteiger partial charge in [-0.25, -0.2) is 0 Å². The van der Waals surface area contributed by atoms with Crippen molar-refractivity contribution in [2.75, 3.05) is 0 Å². The Kier molecular flexibility index (Phi) is 7.41. The number of rotatable bonds is 7. The predicted octanol–water partition coefficient (Wildman–Crippen LogP) is 4.46. The third kappa shape index (κ3) is 6.93. The van der Waals surface area contributed by atoms with Crippen LogP contribution in [0.25, 0.3) is 0 Å². The molecular formula is C18H24O2. The van der Waals surface area contributed by atoms with E-state index in [9.17, 15) is 4.79 Å². The molecule has 1 unspecified atom stereocenters. The molecule has 20 heavy (non-hydrogen) atoms. The van der Waals surface area contributed by atoms with Gasteiger partial charge in [-0.2, -0.15) is 0 Å². The lowest BCUT2D eigenvalue weighted by molar-refractivity contribution is -0.145. The summed E-state index contributed by atoms with van der Waals surface area (Å²) in [6, 6.07) is 9.64.